The number of esters is 3. The molecule has 2 N–H and O–H groups in total. The van der Waals surface area contributed by atoms with E-state index in [1.54, 1.807) is 0 Å². The van der Waals surface area contributed by atoms with Gasteiger partial charge in [0.05, 0.1) is 19.8 Å². The van der Waals surface area contributed by atoms with Gasteiger partial charge >= 0.3 is 25.7 Å². The summed E-state index contributed by atoms with van der Waals surface area (Å²) in [5.74, 6) is -1.53. The summed E-state index contributed by atoms with van der Waals surface area (Å²) in [5.41, 5.74) is 0. The number of aliphatic hydroxyl groups is 1. The second-order valence-electron chi connectivity index (χ2n) is 20.1. The van der Waals surface area contributed by atoms with Crippen LogP contribution in [0.25, 0.3) is 0 Å². The van der Waals surface area contributed by atoms with Crippen molar-refractivity contribution < 1.29 is 52.2 Å². The normalized spacial score (nSPS) is 14.2. The zero-order valence-electron chi connectivity index (χ0n) is 50.2. The maximum absolute atomic E-state index is 13.0. The first-order chi connectivity index (χ1) is 39.2. The van der Waals surface area contributed by atoms with Crippen LogP contribution in [-0.2, 0) is 42.2 Å². The second-order valence-corrected chi connectivity index (χ2v) is 21.5. The summed E-state index contributed by atoms with van der Waals surface area (Å²) in [6.45, 7) is 4.25. The Labute approximate surface area is 487 Å². The fraction of sp³-hybridized carbons (Fsp3) is 0.632. The van der Waals surface area contributed by atoms with Crippen LogP contribution in [0.5, 0.6) is 0 Å². The summed E-state index contributed by atoms with van der Waals surface area (Å²) in [5, 5.41) is 9.85. The molecule has 3 unspecified atom stereocenters. The highest BCUT2D eigenvalue weighted by Gasteiger charge is 2.28. The molecule has 0 heterocycles. The summed E-state index contributed by atoms with van der Waals surface area (Å²) in [6, 6.07) is 0. The van der Waals surface area contributed by atoms with Crippen LogP contribution in [0.15, 0.2) is 134 Å². The highest BCUT2D eigenvalue weighted by Crippen LogP contribution is 2.43. The number of rotatable bonds is 56. The summed E-state index contributed by atoms with van der Waals surface area (Å²) >= 11 is 0. The third-order valence-corrected chi connectivity index (χ3v) is 13.5. The molecule has 80 heavy (non-hydrogen) atoms. The zero-order valence-corrected chi connectivity index (χ0v) is 51.1. The van der Waals surface area contributed by atoms with Gasteiger partial charge in [-0.1, -0.05) is 225 Å². The molecule has 11 nitrogen and oxygen atoms in total. The highest BCUT2D eigenvalue weighted by atomic mass is 31.2. The number of carbonyl (C=O) groups excluding carboxylic acids is 3. The summed E-state index contributed by atoms with van der Waals surface area (Å²) in [7, 11) is -4.78. The third kappa shape index (κ3) is 58.3. The zero-order chi connectivity index (χ0) is 58.3. The van der Waals surface area contributed by atoms with Crippen LogP contribution >= 0.6 is 7.82 Å². The van der Waals surface area contributed by atoms with E-state index in [9.17, 15) is 28.9 Å². The van der Waals surface area contributed by atoms with E-state index in [0.717, 1.165) is 173 Å². The maximum Gasteiger partial charge on any atom is 0.472 e. The van der Waals surface area contributed by atoms with Crippen molar-refractivity contribution in [2.75, 3.05) is 26.4 Å². The van der Waals surface area contributed by atoms with Gasteiger partial charge in [0.1, 0.15) is 12.7 Å². The fourth-order valence-electron chi connectivity index (χ4n) is 7.94. The molecular formula is C68H111O11P. The Morgan fingerprint density at radius 2 is 0.613 bits per heavy atom. The van der Waals surface area contributed by atoms with E-state index in [1.807, 2.05) is 0 Å². The molecule has 0 rings (SSSR count). The number of allylic oxidation sites excluding steroid dienone is 22. The fourth-order valence-corrected chi connectivity index (χ4v) is 8.72. The average Bonchev–Trinajstić information content (AvgIpc) is 3.45. The van der Waals surface area contributed by atoms with Gasteiger partial charge in [-0.05, 0) is 128 Å². The minimum atomic E-state index is -4.78. The molecule has 0 aromatic heterocycles. The Morgan fingerprint density at radius 3 is 0.938 bits per heavy atom. The molecule has 0 bridgehead atoms. The third-order valence-electron chi connectivity index (χ3n) is 12.6. The minimum Gasteiger partial charge on any atom is -0.462 e. The number of phosphoric acid groups is 1. The molecule has 0 saturated carbocycles. The maximum atomic E-state index is 13.0. The Morgan fingerprint density at radius 1 is 0.350 bits per heavy atom. The molecular weight excluding hydrogens is 1020 g/mol. The second kappa shape index (κ2) is 60.7. The lowest BCUT2D eigenvalue weighted by atomic mass is 10.1. The van der Waals surface area contributed by atoms with Crippen LogP contribution in [0, 0.1) is 0 Å². The van der Waals surface area contributed by atoms with Crippen molar-refractivity contribution in [2.45, 2.75) is 251 Å². The van der Waals surface area contributed by atoms with Crippen LogP contribution in [0.2, 0.25) is 0 Å². The lowest BCUT2D eigenvalue weighted by molar-refractivity contribution is -0.161. The Kier molecular flexibility index (Phi) is 57.4. The quantitative estimate of drug-likeness (QED) is 0.0197. The number of phosphoric ester groups is 1. The lowest BCUT2D eigenvalue weighted by Gasteiger charge is -2.21. The molecule has 0 radical (unpaired) electrons. The Balaban J connectivity index is 4.80. The molecule has 0 aromatic rings. The monoisotopic (exact) mass is 1130 g/mol. The van der Waals surface area contributed by atoms with Gasteiger partial charge in [-0.25, -0.2) is 4.57 Å². The number of aliphatic hydroxyl groups excluding tert-OH is 1. The van der Waals surface area contributed by atoms with Crippen molar-refractivity contribution >= 4 is 25.7 Å². The van der Waals surface area contributed by atoms with Gasteiger partial charge in [-0.2, -0.15) is 0 Å². The molecule has 0 aromatic carbocycles. The Bertz CT molecular complexity index is 1850. The average molecular weight is 1140 g/mol. The van der Waals surface area contributed by atoms with Crippen LogP contribution in [0.4, 0.5) is 0 Å². The number of unbranched alkanes of at least 4 members (excludes halogenated alkanes) is 17. The van der Waals surface area contributed by atoms with E-state index in [2.05, 4.69) is 154 Å². The minimum absolute atomic E-state index is 0.138. The molecule has 0 spiro atoms. The van der Waals surface area contributed by atoms with Crippen molar-refractivity contribution in [1.82, 2.24) is 0 Å². The van der Waals surface area contributed by atoms with Gasteiger partial charge in [0.25, 0.3) is 0 Å². The lowest BCUT2D eigenvalue weighted by Crippen LogP contribution is -2.30. The number of ether oxygens (including phenoxy) is 3. The van der Waals surface area contributed by atoms with E-state index in [-0.39, 0.29) is 25.9 Å². The molecule has 0 aliphatic rings. The molecule has 0 amide bonds. The van der Waals surface area contributed by atoms with Crippen molar-refractivity contribution in [3.8, 4) is 0 Å². The van der Waals surface area contributed by atoms with Crippen LogP contribution in [0.1, 0.15) is 239 Å². The van der Waals surface area contributed by atoms with Gasteiger partial charge in [-0.15, -0.1) is 0 Å². The summed E-state index contributed by atoms with van der Waals surface area (Å²) in [6.07, 6.45) is 76.8. The van der Waals surface area contributed by atoms with E-state index < -0.39 is 57.8 Å². The SMILES string of the molecule is CC/C=C\C/C=C\C/C=C\C/C=C\CCCCCCCCC(=O)OC(COC(=O)CCCCCC/C=C\C/C=C\C/C=C\C/C=C\CC)COP(=O)(O)OCC(CO)OC(=O)CCCCCCCCC/C=C\C/C=C\C/C=C\CC. The van der Waals surface area contributed by atoms with Crippen molar-refractivity contribution in [2.24, 2.45) is 0 Å². The molecule has 0 fully saturated rings. The number of hydrogen-bond acceptors (Lipinski definition) is 10. The summed E-state index contributed by atoms with van der Waals surface area (Å²) < 4.78 is 39.6. The van der Waals surface area contributed by atoms with Gasteiger partial charge in [-0.3, -0.25) is 23.4 Å². The standard InChI is InChI=1S/C68H111O11P/c1-4-7-10-13-16-19-22-25-28-31-32-35-38-41-44-47-50-53-56-59-68(72)79-65(61-75-66(70)57-54-51-48-45-42-39-36-33-29-26-23-20-17-14-11-8-5-2)63-77-80(73,74)76-62-64(60-69)78-67(71)58-55-52-49-46-43-40-37-34-30-27-24-21-18-15-12-9-6-3/h7-12,16-21,25-30,32,35-36,39,64-65,69H,4-6,13-15,22-24,31,33-34,37-38,40-63H2,1-3H3,(H,73,74)/b10-7-,11-8-,12-9-,19-16-,20-17-,21-18-,28-25-,29-26-,30-27-,35-32-,39-36-. The largest absolute Gasteiger partial charge is 0.472 e. The van der Waals surface area contributed by atoms with E-state index in [0.29, 0.717) is 19.3 Å². The van der Waals surface area contributed by atoms with Gasteiger partial charge < -0.3 is 24.2 Å². The first-order valence-electron chi connectivity index (χ1n) is 31.1. The molecule has 0 aliphatic heterocycles. The molecule has 0 aliphatic carbocycles. The van der Waals surface area contributed by atoms with Gasteiger partial charge in [0, 0.05) is 19.3 Å². The van der Waals surface area contributed by atoms with Gasteiger partial charge in [0.2, 0.25) is 0 Å². The first kappa shape index (κ1) is 75.6. The van der Waals surface area contributed by atoms with E-state index in [1.165, 1.54) is 6.42 Å². The smallest absolute Gasteiger partial charge is 0.462 e. The first-order valence-corrected chi connectivity index (χ1v) is 32.6. The highest BCUT2D eigenvalue weighted by molar-refractivity contribution is 7.47. The molecule has 3 atom stereocenters. The molecule has 0 saturated heterocycles. The summed E-state index contributed by atoms with van der Waals surface area (Å²) in [4.78, 5) is 48.7. The van der Waals surface area contributed by atoms with Gasteiger partial charge in [0.15, 0.2) is 6.10 Å². The molecule has 454 valence electrons. The van der Waals surface area contributed by atoms with E-state index in [4.69, 9.17) is 23.3 Å². The topological polar surface area (TPSA) is 155 Å². The van der Waals surface area contributed by atoms with Crippen molar-refractivity contribution in [1.29, 1.82) is 0 Å². The van der Waals surface area contributed by atoms with Crippen LogP contribution in [-0.4, -0.2) is 66.5 Å². The van der Waals surface area contributed by atoms with E-state index >= 15 is 0 Å². The van der Waals surface area contributed by atoms with Crippen LogP contribution in [0.3, 0.4) is 0 Å². The predicted molar refractivity (Wildman–Crippen MR) is 334 cm³/mol. The predicted octanol–water partition coefficient (Wildman–Crippen LogP) is 18.9. The van der Waals surface area contributed by atoms with Crippen molar-refractivity contribution in [3.63, 3.8) is 0 Å². The Hall–Kier alpha value is -4.38. The van der Waals surface area contributed by atoms with Crippen LogP contribution < -0.4 is 0 Å². The number of carbonyl (C=O) groups is 3. The molecule has 12 heteroatoms. The van der Waals surface area contributed by atoms with Crippen molar-refractivity contribution in [3.05, 3.63) is 134 Å². The number of hydrogen-bond donors (Lipinski definition) is 2.